The first-order valence-corrected chi connectivity index (χ1v) is 4.79. The molecule has 0 aliphatic heterocycles. The molecule has 0 unspecified atom stereocenters. The highest BCUT2D eigenvalue weighted by Crippen LogP contribution is 2.21. The minimum atomic E-state index is -0.493. The molecule has 1 amide bonds. The minimum absolute atomic E-state index is 0.0272. The van der Waals surface area contributed by atoms with Crippen LogP contribution in [0.15, 0.2) is 18.2 Å². The summed E-state index contributed by atoms with van der Waals surface area (Å²) in [5.41, 5.74) is 0.414. The molecule has 0 fully saturated rings. The van der Waals surface area contributed by atoms with Crippen molar-refractivity contribution in [3.05, 3.63) is 31.9 Å². The maximum atomic E-state index is 10.7. The Morgan fingerprint density at radius 2 is 2.14 bits per heavy atom. The molecule has 14 heavy (non-hydrogen) atoms. The van der Waals surface area contributed by atoms with E-state index in [9.17, 15) is 14.9 Å². The van der Waals surface area contributed by atoms with Crippen molar-refractivity contribution in [3.8, 4) is 0 Å². The van der Waals surface area contributed by atoms with Crippen LogP contribution in [0.1, 0.15) is 6.92 Å². The Balaban J connectivity index is 3.07. The molecule has 5 nitrogen and oxygen atoms in total. The zero-order chi connectivity index (χ0) is 10.7. The van der Waals surface area contributed by atoms with E-state index in [0.717, 1.165) is 0 Å². The van der Waals surface area contributed by atoms with Crippen LogP contribution >= 0.6 is 22.6 Å². The van der Waals surface area contributed by atoms with Crippen molar-refractivity contribution in [2.24, 2.45) is 0 Å². The highest BCUT2D eigenvalue weighted by Gasteiger charge is 2.08. The van der Waals surface area contributed by atoms with Crippen LogP contribution in [0.4, 0.5) is 11.4 Å². The standard InChI is InChI=1S/C8H7IN2O3/c1-5(12)10-7-2-6(9)3-8(4-7)11(13)14/h2-4H,1H3,(H,10,12). The van der Waals surface area contributed by atoms with Gasteiger partial charge in [-0.15, -0.1) is 0 Å². The van der Waals surface area contributed by atoms with Gasteiger partial charge in [0.15, 0.2) is 0 Å². The molecule has 0 heterocycles. The van der Waals surface area contributed by atoms with Crippen LogP contribution in [0.25, 0.3) is 0 Å². The third-order valence-corrected chi connectivity index (χ3v) is 2.04. The van der Waals surface area contributed by atoms with Crippen molar-refractivity contribution < 1.29 is 9.72 Å². The van der Waals surface area contributed by atoms with Crippen molar-refractivity contribution in [1.29, 1.82) is 0 Å². The predicted molar refractivity (Wildman–Crippen MR) is 60.1 cm³/mol. The van der Waals surface area contributed by atoms with Gasteiger partial charge in [-0.25, -0.2) is 0 Å². The number of nitrogens with one attached hydrogen (secondary N) is 1. The minimum Gasteiger partial charge on any atom is -0.326 e. The van der Waals surface area contributed by atoms with Gasteiger partial charge >= 0.3 is 0 Å². The summed E-state index contributed by atoms with van der Waals surface area (Å²) in [7, 11) is 0. The number of benzene rings is 1. The van der Waals surface area contributed by atoms with Gasteiger partial charge in [-0.1, -0.05) is 0 Å². The molecule has 1 aromatic rings. The topological polar surface area (TPSA) is 72.2 Å². The van der Waals surface area contributed by atoms with E-state index in [4.69, 9.17) is 0 Å². The monoisotopic (exact) mass is 306 g/mol. The van der Waals surface area contributed by atoms with E-state index in [2.05, 4.69) is 5.32 Å². The van der Waals surface area contributed by atoms with Crippen molar-refractivity contribution in [1.82, 2.24) is 0 Å². The van der Waals surface area contributed by atoms with Crippen LogP contribution in [0.2, 0.25) is 0 Å². The van der Waals surface area contributed by atoms with E-state index in [1.54, 1.807) is 6.07 Å². The summed E-state index contributed by atoms with van der Waals surface area (Å²) in [5, 5.41) is 13.0. The average molecular weight is 306 g/mol. The van der Waals surface area contributed by atoms with Gasteiger partial charge in [0.2, 0.25) is 5.91 Å². The number of rotatable bonds is 2. The van der Waals surface area contributed by atoms with E-state index in [0.29, 0.717) is 9.26 Å². The normalized spacial score (nSPS) is 9.57. The molecular formula is C8H7IN2O3. The number of nitro benzene ring substituents is 1. The zero-order valence-electron chi connectivity index (χ0n) is 7.28. The number of carbonyl (C=O) groups excluding carboxylic acids is 1. The molecule has 0 aliphatic rings. The Bertz CT molecular complexity index is 392. The molecule has 0 saturated heterocycles. The van der Waals surface area contributed by atoms with Crippen LogP contribution in [0.3, 0.4) is 0 Å². The lowest BCUT2D eigenvalue weighted by atomic mass is 10.3. The lowest BCUT2D eigenvalue weighted by Gasteiger charge is -2.02. The van der Waals surface area contributed by atoms with Crippen LogP contribution in [-0.4, -0.2) is 10.8 Å². The van der Waals surface area contributed by atoms with Gasteiger partial charge in [-0.05, 0) is 28.7 Å². The molecule has 0 radical (unpaired) electrons. The smallest absolute Gasteiger partial charge is 0.272 e. The number of carbonyl (C=O) groups is 1. The van der Waals surface area contributed by atoms with Crippen LogP contribution in [-0.2, 0) is 4.79 Å². The summed E-state index contributed by atoms with van der Waals surface area (Å²) >= 11 is 1.96. The Kier molecular flexibility index (Phi) is 3.39. The fourth-order valence-corrected chi connectivity index (χ4v) is 1.61. The molecule has 74 valence electrons. The van der Waals surface area contributed by atoms with E-state index in [1.165, 1.54) is 19.1 Å². The average Bonchev–Trinajstić information content (AvgIpc) is 2.01. The van der Waals surface area contributed by atoms with E-state index >= 15 is 0 Å². The van der Waals surface area contributed by atoms with Gasteiger partial charge in [0.05, 0.1) is 4.92 Å². The zero-order valence-corrected chi connectivity index (χ0v) is 9.44. The van der Waals surface area contributed by atoms with Crippen molar-refractivity contribution in [3.63, 3.8) is 0 Å². The van der Waals surface area contributed by atoms with Gasteiger partial charge in [0, 0.05) is 28.3 Å². The van der Waals surface area contributed by atoms with Gasteiger partial charge in [0.25, 0.3) is 5.69 Å². The lowest BCUT2D eigenvalue weighted by Crippen LogP contribution is -2.06. The fourth-order valence-electron chi connectivity index (χ4n) is 0.955. The van der Waals surface area contributed by atoms with Gasteiger partial charge in [-0.2, -0.15) is 0 Å². The first-order valence-electron chi connectivity index (χ1n) is 3.71. The molecule has 0 aliphatic carbocycles. The Hall–Kier alpha value is -1.18. The number of hydrogen-bond acceptors (Lipinski definition) is 3. The number of nitrogens with zero attached hydrogens (tertiary/aromatic N) is 1. The summed E-state index contributed by atoms with van der Waals surface area (Å²) in [5.74, 6) is -0.249. The summed E-state index contributed by atoms with van der Waals surface area (Å²) in [6.45, 7) is 1.35. The molecule has 0 saturated carbocycles. The van der Waals surface area contributed by atoms with Crippen molar-refractivity contribution in [2.75, 3.05) is 5.32 Å². The lowest BCUT2D eigenvalue weighted by molar-refractivity contribution is -0.384. The second kappa shape index (κ2) is 4.36. The largest absolute Gasteiger partial charge is 0.326 e. The molecule has 6 heteroatoms. The van der Waals surface area contributed by atoms with Crippen LogP contribution in [0, 0.1) is 13.7 Å². The molecular weight excluding hydrogens is 299 g/mol. The maximum Gasteiger partial charge on any atom is 0.272 e. The fraction of sp³-hybridized carbons (Fsp3) is 0.125. The summed E-state index contributed by atoms with van der Waals surface area (Å²) in [6, 6.07) is 4.42. The second-order valence-electron chi connectivity index (χ2n) is 2.64. The van der Waals surface area contributed by atoms with E-state index in [-0.39, 0.29) is 11.6 Å². The maximum absolute atomic E-state index is 10.7. The van der Waals surface area contributed by atoms with Gasteiger partial charge < -0.3 is 5.32 Å². The SMILES string of the molecule is CC(=O)Nc1cc(I)cc([N+](=O)[O-])c1. The highest BCUT2D eigenvalue weighted by molar-refractivity contribution is 14.1. The quantitative estimate of drug-likeness (QED) is 0.517. The molecule has 0 atom stereocenters. The number of halogens is 1. The number of amides is 1. The van der Waals surface area contributed by atoms with Gasteiger partial charge in [0.1, 0.15) is 0 Å². The van der Waals surface area contributed by atoms with Crippen LogP contribution in [0.5, 0.6) is 0 Å². The van der Waals surface area contributed by atoms with E-state index < -0.39 is 4.92 Å². The first-order chi connectivity index (χ1) is 6.49. The molecule has 1 N–H and O–H groups in total. The Labute approximate surface area is 93.8 Å². The third-order valence-electron chi connectivity index (χ3n) is 1.41. The third kappa shape index (κ3) is 2.95. The predicted octanol–water partition coefficient (Wildman–Crippen LogP) is 2.16. The molecule has 0 spiro atoms. The van der Waals surface area contributed by atoms with Gasteiger partial charge in [-0.3, -0.25) is 14.9 Å². The summed E-state index contributed by atoms with van der Waals surface area (Å²) in [4.78, 5) is 20.7. The number of hydrogen-bond donors (Lipinski definition) is 1. The van der Waals surface area contributed by atoms with Crippen molar-refractivity contribution >= 4 is 39.9 Å². The van der Waals surface area contributed by atoms with Crippen molar-refractivity contribution in [2.45, 2.75) is 6.92 Å². The number of anilines is 1. The first kappa shape index (κ1) is 10.9. The number of non-ortho nitro benzene ring substituents is 1. The van der Waals surface area contributed by atoms with Crippen LogP contribution < -0.4 is 5.32 Å². The molecule has 1 aromatic carbocycles. The summed E-state index contributed by atoms with van der Waals surface area (Å²) < 4.78 is 0.709. The second-order valence-corrected chi connectivity index (χ2v) is 3.88. The highest BCUT2D eigenvalue weighted by atomic mass is 127. The molecule has 0 bridgehead atoms. The molecule has 0 aromatic heterocycles. The molecule has 1 rings (SSSR count). The summed E-state index contributed by atoms with van der Waals surface area (Å²) in [6.07, 6.45) is 0. The Morgan fingerprint density at radius 3 is 2.64 bits per heavy atom. The number of nitro groups is 1. The van der Waals surface area contributed by atoms with E-state index in [1.807, 2.05) is 22.6 Å². The Morgan fingerprint density at radius 1 is 1.50 bits per heavy atom.